The maximum atomic E-state index is 13.6. The Balaban J connectivity index is 1.40. The third-order valence-corrected chi connectivity index (χ3v) is 8.00. The molecule has 31 heavy (non-hydrogen) atoms. The summed E-state index contributed by atoms with van der Waals surface area (Å²) in [7, 11) is 2.13. The number of hydrogen-bond acceptors (Lipinski definition) is 4. The predicted molar refractivity (Wildman–Crippen MR) is 119 cm³/mol. The third-order valence-electron chi connectivity index (χ3n) is 8.00. The molecule has 3 aliphatic heterocycles. The molecule has 172 valence electrons. The number of imide groups is 1. The Labute approximate surface area is 186 Å². The zero-order chi connectivity index (χ0) is 22.0. The summed E-state index contributed by atoms with van der Waals surface area (Å²) in [5.74, 6) is 0.220. The molecule has 0 aromatic heterocycles. The topological polar surface area (TPSA) is 73.0 Å². The molecule has 7 heteroatoms. The molecule has 2 atom stereocenters. The standard InChI is InChI=1S/C24H38N4O3/c1-3-13-24(19-10-15-27(16-11-19)21(29)18-7-4-5-8-18)22(30)28(23(31)25-24)17-12-20-9-6-14-26(20)2/h7,19-20H,3-6,8-17H2,1-2H3,(H,25,31). The number of nitrogens with one attached hydrogen (secondary N) is 1. The van der Waals surface area contributed by atoms with Crippen LogP contribution in [0.2, 0.25) is 0 Å². The van der Waals surface area contributed by atoms with E-state index in [1.807, 2.05) is 4.90 Å². The minimum atomic E-state index is -0.796. The van der Waals surface area contributed by atoms with E-state index in [1.54, 1.807) is 0 Å². The van der Waals surface area contributed by atoms with Gasteiger partial charge in [0.2, 0.25) is 5.91 Å². The molecule has 0 aromatic carbocycles. The van der Waals surface area contributed by atoms with Crippen LogP contribution in [0.25, 0.3) is 0 Å². The number of piperidine rings is 1. The molecule has 4 amide bonds. The van der Waals surface area contributed by atoms with E-state index in [0.29, 0.717) is 32.1 Å². The molecule has 4 rings (SSSR count). The van der Waals surface area contributed by atoms with Crippen molar-refractivity contribution in [3.05, 3.63) is 11.6 Å². The van der Waals surface area contributed by atoms with Gasteiger partial charge in [0.15, 0.2) is 0 Å². The second-order valence-corrected chi connectivity index (χ2v) is 9.86. The maximum Gasteiger partial charge on any atom is 0.325 e. The zero-order valence-electron chi connectivity index (χ0n) is 19.2. The van der Waals surface area contributed by atoms with Crippen molar-refractivity contribution in [3.63, 3.8) is 0 Å². The Morgan fingerprint density at radius 2 is 1.94 bits per heavy atom. The van der Waals surface area contributed by atoms with E-state index in [1.165, 1.54) is 11.3 Å². The molecule has 7 nitrogen and oxygen atoms in total. The summed E-state index contributed by atoms with van der Waals surface area (Å²) < 4.78 is 0. The van der Waals surface area contributed by atoms with E-state index < -0.39 is 5.54 Å². The number of carbonyl (C=O) groups is 3. The van der Waals surface area contributed by atoms with Gasteiger partial charge in [0.1, 0.15) is 5.54 Å². The van der Waals surface area contributed by atoms with Gasteiger partial charge in [-0.05, 0) is 77.3 Å². The molecular formula is C24H38N4O3. The fraction of sp³-hybridized carbons (Fsp3) is 0.792. The number of hydrogen-bond donors (Lipinski definition) is 1. The molecule has 3 saturated heterocycles. The first-order valence-electron chi connectivity index (χ1n) is 12.3. The van der Waals surface area contributed by atoms with Crippen molar-refractivity contribution in [2.24, 2.45) is 5.92 Å². The summed E-state index contributed by atoms with van der Waals surface area (Å²) in [6.45, 7) is 5.00. The first-order chi connectivity index (χ1) is 15.0. The molecule has 0 bridgehead atoms. The lowest BCUT2D eigenvalue weighted by Gasteiger charge is -2.41. The van der Waals surface area contributed by atoms with Crippen molar-refractivity contribution in [2.75, 3.05) is 33.2 Å². The molecule has 0 saturated carbocycles. The van der Waals surface area contributed by atoms with Gasteiger partial charge in [-0.1, -0.05) is 19.4 Å². The molecular weight excluding hydrogens is 392 g/mol. The Hall–Kier alpha value is -1.89. The minimum Gasteiger partial charge on any atom is -0.339 e. The molecule has 0 radical (unpaired) electrons. The van der Waals surface area contributed by atoms with E-state index in [9.17, 15) is 14.4 Å². The number of allylic oxidation sites excluding steroid dienone is 1. The summed E-state index contributed by atoms with van der Waals surface area (Å²) in [5.41, 5.74) is 0.157. The van der Waals surface area contributed by atoms with E-state index in [2.05, 4.69) is 30.3 Å². The van der Waals surface area contributed by atoms with Gasteiger partial charge in [-0.15, -0.1) is 0 Å². The number of rotatable bonds is 7. The number of amides is 4. The maximum absolute atomic E-state index is 13.6. The van der Waals surface area contributed by atoms with E-state index in [0.717, 1.165) is 63.5 Å². The van der Waals surface area contributed by atoms with Crippen LogP contribution in [0.1, 0.15) is 71.1 Å². The minimum absolute atomic E-state index is 0.0386. The second kappa shape index (κ2) is 9.31. The van der Waals surface area contributed by atoms with Gasteiger partial charge in [-0.3, -0.25) is 14.5 Å². The van der Waals surface area contributed by atoms with Crippen LogP contribution >= 0.6 is 0 Å². The normalized spacial score (nSPS) is 30.3. The van der Waals surface area contributed by atoms with Gasteiger partial charge < -0.3 is 15.1 Å². The Bertz CT molecular complexity index is 743. The molecule has 1 N–H and O–H groups in total. The Morgan fingerprint density at radius 1 is 1.16 bits per heavy atom. The average molecular weight is 431 g/mol. The lowest BCUT2D eigenvalue weighted by Crippen LogP contribution is -2.56. The highest BCUT2D eigenvalue weighted by atomic mass is 16.2. The SMILES string of the molecule is CCCC1(C2CCN(C(=O)C3=CCCC3)CC2)NC(=O)N(CCC2CCCN2C)C1=O. The molecule has 0 spiro atoms. The fourth-order valence-electron chi connectivity index (χ4n) is 6.16. The summed E-state index contributed by atoms with van der Waals surface area (Å²) >= 11 is 0. The lowest BCUT2D eigenvalue weighted by atomic mass is 9.74. The van der Waals surface area contributed by atoms with Crippen molar-refractivity contribution in [1.82, 2.24) is 20.0 Å². The largest absolute Gasteiger partial charge is 0.339 e. The van der Waals surface area contributed by atoms with Crippen molar-refractivity contribution in [2.45, 2.75) is 82.7 Å². The average Bonchev–Trinajstić information content (AvgIpc) is 3.49. The van der Waals surface area contributed by atoms with Gasteiger partial charge >= 0.3 is 6.03 Å². The van der Waals surface area contributed by atoms with Crippen molar-refractivity contribution < 1.29 is 14.4 Å². The zero-order valence-corrected chi connectivity index (χ0v) is 19.2. The van der Waals surface area contributed by atoms with Gasteiger partial charge in [-0.25, -0.2) is 4.79 Å². The Morgan fingerprint density at radius 3 is 2.55 bits per heavy atom. The van der Waals surface area contributed by atoms with Crippen LogP contribution in [-0.2, 0) is 9.59 Å². The van der Waals surface area contributed by atoms with E-state index in [4.69, 9.17) is 0 Å². The van der Waals surface area contributed by atoms with E-state index >= 15 is 0 Å². The second-order valence-electron chi connectivity index (χ2n) is 9.86. The quantitative estimate of drug-likeness (QED) is 0.631. The predicted octanol–water partition coefficient (Wildman–Crippen LogP) is 2.91. The highest BCUT2D eigenvalue weighted by molar-refractivity contribution is 6.07. The number of likely N-dealkylation sites (tertiary alicyclic amines) is 2. The van der Waals surface area contributed by atoms with Crippen molar-refractivity contribution in [3.8, 4) is 0 Å². The molecule has 0 aromatic rings. The van der Waals surface area contributed by atoms with Crippen LogP contribution in [0, 0.1) is 5.92 Å². The summed E-state index contributed by atoms with van der Waals surface area (Å²) in [4.78, 5) is 44.9. The Kier molecular flexibility index (Phi) is 6.70. The van der Waals surface area contributed by atoms with Gasteiger partial charge in [-0.2, -0.15) is 0 Å². The monoisotopic (exact) mass is 430 g/mol. The molecule has 3 fully saturated rings. The number of urea groups is 1. The third kappa shape index (κ3) is 4.26. The van der Waals surface area contributed by atoms with Gasteiger partial charge in [0.05, 0.1) is 0 Å². The summed E-state index contributed by atoms with van der Waals surface area (Å²) in [5, 5.41) is 3.13. The van der Waals surface area contributed by atoms with Crippen LogP contribution in [-0.4, -0.2) is 77.4 Å². The van der Waals surface area contributed by atoms with Crippen LogP contribution in [0.4, 0.5) is 4.79 Å². The van der Waals surface area contributed by atoms with Gasteiger partial charge in [0.25, 0.3) is 5.91 Å². The smallest absolute Gasteiger partial charge is 0.325 e. The van der Waals surface area contributed by atoms with Crippen molar-refractivity contribution >= 4 is 17.8 Å². The van der Waals surface area contributed by atoms with Crippen LogP contribution in [0.15, 0.2) is 11.6 Å². The van der Waals surface area contributed by atoms with Crippen molar-refractivity contribution in [1.29, 1.82) is 0 Å². The molecule has 1 aliphatic carbocycles. The highest BCUT2D eigenvalue weighted by Gasteiger charge is 2.55. The number of nitrogens with zero attached hydrogens (tertiary/aromatic N) is 3. The molecule has 4 aliphatic rings. The number of carbonyl (C=O) groups excluding carboxylic acids is 3. The van der Waals surface area contributed by atoms with Crippen LogP contribution < -0.4 is 5.32 Å². The summed E-state index contributed by atoms with van der Waals surface area (Å²) in [6.07, 6.45) is 11.3. The molecule has 2 unspecified atom stereocenters. The van der Waals surface area contributed by atoms with Gasteiger partial charge in [0, 0.05) is 31.2 Å². The highest BCUT2D eigenvalue weighted by Crippen LogP contribution is 2.38. The first-order valence-corrected chi connectivity index (χ1v) is 12.3. The molecule has 3 heterocycles. The summed E-state index contributed by atoms with van der Waals surface area (Å²) in [6, 6.07) is 0.231. The fourth-order valence-corrected chi connectivity index (χ4v) is 6.16. The van der Waals surface area contributed by atoms with E-state index in [-0.39, 0.29) is 23.8 Å². The van der Waals surface area contributed by atoms with Crippen LogP contribution in [0.5, 0.6) is 0 Å². The first kappa shape index (κ1) is 22.3. The van der Waals surface area contributed by atoms with Crippen LogP contribution in [0.3, 0.4) is 0 Å². The lowest BCUT2D eigenvalue weighted by molar-refractivity contribution is -0.135.